The van der Waals surface area contributed by atoms with Gasteiger partial charge in [-0.25, -0.2) is 4.39 Å². The third kappa shape index (κ3) is 2.48. The fraction of sp³-hybridized carbons (Fsp3) is 0. The molecule has 0 aliphatic rings. The molecule has 15 heavy (non-hydrogen) atoms. The maximum Gasteiger partial charge on any atom is 0.165 e. The Labute approximate surface area is 92.1 Å². The lowest BCUT2D eigenvalue weighted by atomic mass is 10.3. The smallest absolute Gasteiger partial charge is 0.165 e. The van der Waals surface area contributed by atoms with Crippen LogP contribution in [-0.2, 0) is 0 Å². The molecular weight excluding hydrogens is 215 g/mol. The molecule has 0 unspecified atom stereocenters. The van der Waals surface area contributed by atoms with Crippen LogP contribution in [0.2, 0.25) is 5.02 Å². The average Bonchev–Trinajstić information content (AvgIpc) is 2.25. The molecule has 0 radical (unpaired) electrons. The van der Waals surface area contributed by atoms with Gasteiger partial charge >= 0.3 is 0 Å². The van der Waals surface area contributed by atoms with Gasteiger partial charge in [0, 0.05) is 5.02 Å². The lowest BCUT2D eigenvalue weighted by Gasteiger charge is -2.05. The molecule has 0 aliphatic heterocycles. The zero-order valence-electron chi connectivity index (χ0n) is 7.78. The van der Waals surface area contributed by atoms with Gasteiger partial charge in [0.1, 0.15) is 5.75 Å². The van der Waals surface area contributed by atoms with Crippen LogP contribution in [0.3, 0.4) is 0 Å². The number of hydrogen-bond donors (Lipinski definition) is 0. The molecule has 1 nitrogen and oxygen atoms in total. The summed E-state index contributed by atoms with van der Waals surface area (Å²) in [6, 6.07) is 13.0. The third-order valence-corrected chi connectivity index (χ3v) is 2.13. The monoisotopic (exact) mass is 222 g/mol. The van der Waals surface area contributed by atoms with Gasteiger partial charge in [-0.3, -0.25) is 0 Å². The van der Waals surface area contributed by atoms with Gasteiger partial charge in [-0.05, 0) is 36.4 Å². The van der Waals surface area contributed by atoms with Crippen molar-refractivity contribution >= 4 is 11.6 Å². The van der Waals surface area contributed by atoms with Crippen molar-refractivity contribution in [3.05, 3.63) is 59.4 Å². The van der Waals surface area contributed by atoms with Crippen LogP contribution in [0.4, 0.5) is 4.39 Å². The highest BCUT2D eigenvalue weighted by atomic mass is 35.5. The topological polar surface area (TPSA) is 9.23 Å². The van der Waals surface area contributed by atoms with E-state index in [1.54, 1.807) is 42.5 Å². The number of benzene rings is 2. The molecule has 76 valence electrons. The second-order valence-corrected chi connectivity index (χ2v) is 3.42. The van der Waals surface area contributed by atoms with Gasteiger partial charge in [-0.2, -0.15) is 0 Å². The summed E-state index contributed by atoms with van der Waals surface area (Å²) in [7, 11) is 0. The Morgan fingerprint density at radius 3 is 2.27 bits per heavy atom. The van der Waals surface area contributed by atoms with Crippen LogP contribution in [0, 0.1) is 5.82 Å². The van der Waals surface area contributed by atoms with E-state index in [4.69, 9.17) is 16.3 Å². The molecule has 2 aromatic rings. The molecule has 0 bridgehead atoms. The molecule has 2 aromatic carbocycles. The second kappa shape index (κ2) is 4.32. The molecule has 0 saturated heterocycles. The van der Waals surface area contributed by atoms with Crippen LogP contribution in [0.1, 0.15) is 0 Å². The van der Waals surface area contributed by atoms with E-state index >= 15 is 0 Å². The molecule has 0 atom stereocenters. The lowest BCUT2D eigenvalue weighted by molar-refractivity contribution is 0.442. The van der Waals surface area contributed by atoms with E-state index in [-0.39, 0.29) is 11.6 Å². The van der Waals surface area contributed by atoms with Crippen LogP contribution in [0.15, 0.2) is 48.5 Å². The first-order valence-electron chi connectivity index (χ1n) is 4.43. The molecule has 0 heterocycles. The maximum absolute atomic E-state index is 13.2. The van der Waals surface area contributed by atoms with E-state index in [0.29, 0.717) is 10.8 Å². The largest absolute Gasteiger partial charge is 0.454 e. The second-order valence-electron chi connectivity index (χ2n) is 2.99. The molecule has 0 fully saturated rings. The van der Waals surface area contributed by atoms with Crippen molar-refractivity contribution in [2.45, 2.75) is 0 Å². The molecule has 0 saturated carbocycles. The number of ether oxygens (including phenoxy) is 1. The fourth-order valence-electron chi connectivity index (χ4n) is 1.16. The molecular formula is C12H8ClFO. The first-order chi connectivity index (χ1) is 7.25. The Kier molecular flexibility index (Phi) is 2.88. The number of rotatable bonds is 2. The molecule has 0 aromatic heterocycles. The van der Waals surface area contributed by atoms with Gasteiger partial charge < -0.3 is 4.74 Å². The van der Waals surface area contributed by atoms with Crippen LogP contribution >= 0.6 is 11.6 Å². The Bertz CT molecular complexity index is 453. The van der Waals surface area contributed by atoms with Crippen molar-refractivity contribution < 1.29 is 9.13 Å². The van der Waals surface area contributed by atoms with E-state index in [2.05, 4.69) is 0 Å². The Morgan fingerprint density at radius 1 is 0.933 bits per heavy atom. The summed E-state index contributed by atoms with van der Waals surface area (Å²) in [5.41, 5.74) is 0. The van der Waals surface area contributed by atoms with Gasteiger partial charge in [0.05, 0.1) is 0 Å². The zero-order chi connectivity index (χ0) is 10.7. The first-order valence-corrected chi connectivity index (χ1v) is 4.81. The quantitative estimate of drug-likeness (QED) is 0.737. The molecule has 0 amide bonds. The maximum atomic E-state index is 13.2. The summed E-state index contributed by atoms with van der Waals surface area (Å²) in [5, 5.41) is 0.621. The normalized spacial score (nSPS) is 10.0. The van der Waals surface area contributed by atoms with Crippen molar-refractivity contribution in [2.75, 3.05) is 0 Å². The molecule has 2 rings (SSSR count). The summed E-state index contributed by atoms with van der Waals surface area (Å²) in [6.45, 7) is 0. The lowest BCUT2D eigenvalue weighted by Crippen LogP contribution is -1.86. The van der Waals surface area contributed by atoms with E-state index < -0.39 is 0 Å². The zero-order valence-corrected chi connectivity index (χ0v) is 8.54. The highest BCUT2D eigenvalue weighted by Gasteiger charge is 2.02. The first kappa shape index (κ1) is 9.99. The number of halogens is 2. The van der Waals surface area contributed by atoms with Gasteiger partial charge in [0.2, 0.25) is 0 Å². The highest BCUT2D eigenvalue weighted by molar-refractivity contribution is 6.30. The van der Waals surface area contributed by atoms with E-state index in [0.717, 1.165) is 0 Å². The third-order valence-electron chi connectivity index (χ3n) is 1.88. The number of para-hydroxylation sites is 1. The van der Waals surface area contributed by atoms with Gasteiger partial charge in [0.15, 0.2) is 11.6 Å². The van der Waals surface area contributed by atoms with E-state index in [1.165, 1.54) is 6.07 Å². The van der Waals surface area contributed by atoms with Crippen LogP contribution in [0.5, 0.6) is 11.5 Å². The van der Waals surface area contributed by atoms with Crippen molar-refractivity contribution in [3.63, 3.8) is 0 Å². The van der Waals surface area contributed by atoms with Crippen LogP contribution in [0.25, 0.3) is 0 Å². The Morgan fingerprint density at radius 2 is 1.60 bits per heavy atom. The molecule has 0 aliphatic carbocycles. The van der Waals surface area contributed by atoms with Crippen molar-refractivity contribution in [1.29, 1.82) is 0 Å². The van der Waals surface area contributed by atoms with E-state index in [9.17, 15) is 4.39 Å². The number of hydrogen-bond acceptors (Lipinski definition) is 1. The van der Waals surface area contributed by atoms with Crippen molar-refractivity contribution in [1.82, 2.24) is 0 Å². The standard InChI is InChI=1S/C12H8ClFO/c13-9-5-7-10(8-6-9)15-12-4-2-1-3-11(12)14/h1-8H. The molecule has 3 heteroatoms. The van der Waals surface area contributed by atoms with Crippen molar-refractivity contribution in [2.24, 2.45) is 0 Å². The minimum absolute atomic E-state index is 0.208. The predicted molar refractivity (Wildman–Crippen MR) is 57.9 cm³/mol. The molecule has 0 spiro atoms. The summed E-state index contributed by atoms with van der Waals surface area (Å²) >= 11 is 5.72. The minimum Gasteiger partial charge on any atom is -0.454 e. The fourth-order valence-corrected chi connectivity index (χ4v) is 1.28. The minimum atomic E-state index is -0.382. The summed E-state index contributed by atoms with van der Waals surface area (Å²) in [5.74, 6) is 0.386. The Hall–Kier alpha value is -1.54. The summed E-state index contributed by atoms with van der Waals surface area (Å²) in [6.07, 6.45) is 0. The van der Waals surface area contributed by atoms with Crippen molar-refractivity contribution in [3.8, 4) is 11.5 Å². The summed E-state index contributed by atoms with van der Waals surface area (Å²) in [4.78, 5) is 0. The summed E-state index contributed by atoms with van der Waals surface area (Å²) < 4.78 is 18.5. The highest BCUT2D eigenvalue weighted by Crippen LogP contribution is 2.24. The Balaban J connectivity index is 2.22. The molecule has 0 N–H and O–H groups in total. The average molecular weight is 223 g/mol. The SMILES string of the molecule is Fc1ccccc1Oc1ccc(Cl)cc1. The van der Waals surface area contributed by atoms with Gasteiger partial charge in [-0.1, -0.05) is 23.7 Å². The van der Waals surface area contributed by atoms with Gasteiger partial charge in [0.25, 0.3) is 0 Å². The van der Waals surface area contributed by atoms with Crippen LogP contribution < -0.4 is 4.74 Å². The van der Waals surface area contributed by atoms with Crippen LogP contribution in [-0.4, -0.2) is 0 Å². The van der Waals surface area contributed by atoms with E-state index in [1.807, 2.05) is 0 Å². The van der Waals surface area contributed by atoms with Gasteiger partial charge in [-0.15, -0.1) is 0 Å². The predicted octanol–water partition coefficient (Wildman–Crippen LogP) is 4.27.